The smallest absolute Gasteiger partial charge is 0.272 e. The molecule has 6 heteroatoms. The molecule has 1 N–H and O–H groups in total. The number of amides is 1. The molecular formula is C20H24N4OS. The first kappa shape index (κ1) is 17.1. The van der Waals surface area contributed by atoms with Gasteiger partial charge in [-0.3, -0.25) is 9.89 Å². The van der Waals surface area contributed by atoms with Gasteiger partial charge >= 0.3 is 0 Å². The normalized spacial score (nSPS) is 17.6. The molecule has 0 aromatic carbocycles. The lowest BCUT2D eigenvalue weighted by Gasteiger charge is -2.35. The van der Waals surface area contributed by atoms with Gasteiger partial charge in [0.1, 0.15) is 11.4 Å². The Morgan fingerprint density at radius 1 is 1.35 bits per heavy atom. The Labute approximate surface area is 157 Å². The summed E-state index contributed by atoms with van der Waals surface area (Å²) >= 11 is 1.80. The highest BCUT2D eigenvalue weighted by molar-refractivity contribution is 7.09. The molecule has 0 unspecified atom stereocenters. The van der Waals surface area contributed by atoms with Crippen LogP contribution in [0.3, 0.4) is 0 Å². The predicted octanol–water partition coefficient (Wildman–Crippen LogP) is 4.10. The lowest BCUT2D eigenvalue weighted by Crippen LogP contribution is -2.44. The molecule has 1 aliphatic heterocycles. The minimum absolute atomic E-state index is 0.0776. The van der Waals surface area contributed by atoms with Gasteiger partial charge in [-0.15, -0.1) is 11.3 Å². The molecule has 0 spiro atoms. The fourth-order valence-corrected chi connectivity index (χ4v) is 4.50. The zero-order chi connectivity index (χ0) is 17.9. The summed E-state index contributed by atoms with van der Waals surface area (Å²) in [4.78, 5) is 16.5. The number of nitrogens with zero attached hydrogens (tertiary/aromatic N) is 3. The number of aromatic nitrogens is 3. The number of piperidine rings is 1. The van der Waals surface area contributed by atoms with Crippen molar-refractivity contribution in [2.45, 2.75) is 38.1 Å². The van der Waals surface area contributed by atoms with E-state index in [0.717, 1.165) is 43.6 Å². The van der Waals surface area contributed by atoms with Crippen LogP contribution in [0, 0.1) is 0 Å². The van der Waals surface area contributed by atoms with Crippen LogP contribution >= 0.6 is 11.3 Å². The Bertz CT molecular complexity index is 864. The number of aromatic amines is 1. The lowest BCUT2D eigenvalue weighted by atomic mass is 9.97. The third-order valence-electron chi connectivity index (χ3n) is 5.21. The highest BCUT2D eigenvalue weighted by atomic mass is 32.1. The molecule has 0 bridgehead atoms. The first-order valence-electron chi connectivity index (χ1n) is 9.23. The number of rotatable bonds is 5. The predicted molar refractivity (Wildman–Crippen MR) is 104 cm³/mol. The first-order chi connectivity index (χ1) is 12.7. The van der Waals surface area contributed by atoms with Crippen LogP contribution in [-0.2, 0) is 13.5 Å². The maximum atomic E-state index is 13.1. The van der Waals surface area contributed by atoms with E-state index in [1.54, 1.807) is 11.3 Å². The molecular weight excluding hydrogens is 344 g/mol. The van der Waals surface area contributed by atoms with Crippen LogP contribution in [0.15, 0.2) is 41.9 Å². The van der Waals surface area contributed by atoms with Crippen LogP contribution in [-0.4, -0.2) is 38.2 Å². The quantitative estimate of drug-likeness (QED) is 0.737. The van der Waals surface area contributed by atoms with Gasteiger partial charge in [0.25, 0.3) is 5.91 Å². The molecule has 5 nitrogen and oxygen atoms in total. The third-order valence-corrected chi connectivity index (χ3v) is 6.14. The maximum Gasteiger partial charge on any atom is 0.272 e. The summed E-state index contributed by atoms with van der Waals surface area (Å²) in [5, 5.41) is 9.43. The van der Waals surface area contributed by atoms with Gasteiger partial charge in [0.15, 0.2) is 0 Å². The molecule has 4 rings (SSSR count). The number of H-pyrrole nitrogens is 1. The molecule has 26 heavy (non-hydrogen) atoms. The number of likely N-dealkylation sites (tertiary alicyclic amines) is 1. The number of aryl methyl sites for hydroxylation is 2. The SMILES string of the molecule is Cn1cccc1-c1cc(C(=O)N2CCCC[C@H]2CCc2cccs2)[nH]n1. The van der Waals surface area contributed by atoms with Crippen LogP contribution < -0.4 is 0 Å². The Kier molecular flexibility index (Phi) is 4.93. The second kappa shape index (κ2) is 7.50. The van der Waals surface area contributed by atoms with E-state index in [2.05, 4.69) is 32.6 Å². The van der Waals surface area contributed by atoms with Crippen molar-refractivity contribution in [1.82, 2.24) is 19.7 Å². The zero-order valence-corrected chi connectivity index (χ0v) is 15.8. The van der Waals surface area contributed by atoms with Crippen LogP contribution in [0.25, 0.3) is 11.4 Å². The Morgan fingerprint density at radius 3 is 3.04 bits per heavy atom. The standard InChI is InChI=1S/C20H24N4OS/c1-23-11-4-8-19(23)17-14-18(22-21-17)20(25)24-12-3-2-6-15(24)9-10-16-7-5-13-26-16/h4-5,7-8,11,13-15H,2-3,6,9-10,12H2,1H3,(H,21,22)/t15-/m0/s1. The van der Waals surface area contributed by atoms with Crippen molar-refractivity contribution >= 4 is 17.2 Å². The van der Waals surface area contributed by atoms with Gasteiger partial charge in [0.05, 0.1) is 5.69 Å². The molecule has 0 radical (unpaired) electrons. The molecule has 1 atom stereocenters. The summed E-state index contributed by atoms with van der Waals surface area (Å²) in [6, 6.07) is 10.5. The average Bonchev–Trinajstić information content (AvgIpc) is 3.41. The monoisotopic (exact) mass is 368 g/mol. The maximum absolute atomic E-state index is 13.1. The fourth-order valence-electron chi connectivity index (χ4n) is 3.78. The fraction of sp³-hybridized carbons (Fsp3) is 0.400. The van der Waals surface area contributed by atoms with Gasteiger partial charge in [-0.05, 0) is 61.7 Å². The zero-order valence-electron chi connectivity index (χ0n) is 15.0. The van der Waals surface area contributed by atoms with Crippen LogP contribution in [0.5, 0.6) is 0 Å². The molecule has 3 aromatic heterocycles. The van der Waals surface area contributed by atoms with E-state index < -0.39 is 0 Å². The summed E-state index contributed by atoms with van der Waals surface area (Å²) in [5.41, 5.74) is 2.41. The molecule has 4 heterocycles. The van der Waals surface area contributed by atoms with E-state index in [1.807, 2.05) is 36.0 Å². The summed E-state index contributed by atoms with van der Waals surface area (Å²) in [5.74, 6) is 0.0776. The number of hydrogen-bond donors (Lipinski definition) is 1. The van der Waals surface area contributed by atoms with Crippen LogP contribution in [0.4, 0.5) is 0 Å². The minimum Gasteiger partial charge on any atom is -0.349 e. The molecule has 1 amide bonds. The van der Waals surface area contributed by atoms with Gasteiger partial charge in [-0.1, -0.05) is 6.07 Å². The van der Waals surface area contributed by atoms with Gasteiger partial charge < -0.3 is 9.47 Å². The lowest BCUT2D eigenvalue weighted by molar-refractivity contribution is 0.0596. The van der Waals surface area contributed by atoms with Crippen molar-refractivity contribution in [3.05, 3.63) is 52.5 Å². The number of thiophene rings is 1. The van der Waals surface area contributed by atoms with E-state index in [-0.39, 0.29) is 5.91 Å². The number of carbonyl (C=O) groups is 1. The number of hydrogen-bond acceptors (Lipinski definition) is 3. The van der Waals surface area contributed by atoms with E-state index in [4.69, 9.17) is 0 Å². The van der Waals surface area contributed by atoms with Gasteiger partial charge in [0, 0.05) is 30.7 Å². The second-order valence-corrected chi connectivity index (χ2v) is 7.97. The third kappa shape index (κ3) is 3.46. The summed E-state index contributed by atoms with van der Waals surface area (Å²) in [6.45, 7) is 0.840. The van der Waals surface area contributed by atoms with Crippen molar-refractivity contribution in [2.75, 3.05) is 6.54 Å². The highest BCUT2D eigenvalue weighted by Crippen LogP contribution is 2.25. The molecule has 1 fully saturated rings. The largest absolute Gasteiger partial charge is 0.349 e. The van der Waals surface area contributed by atoms with E-state index in [9.17, 15) is 4.79 Å². The van der Waals surface area contributed by atoms with E-state index >= 15 is 0 Å². The van der Waals surface area contributed by atoms with Crippen LogP contribution in [0.2, 0.25) is 0 Å². The average molecular weight is 369 g/mol. The van der Waals surface area contributed by atoms with Crippen molar-refractivity contribution in [3.63, 3.8) is 0 Å². The molecule has 0 saturated carbocycles. The molecule has 1 aliphatic rings. The van der Waals surface area contributed by atoms with Crippen LogP contribution in [0.1, 0.15) is 41.0 Å². The van der Waals surface area contributed by atoms with Crippen molar-refractivity contribution in [1.29, 1.82) is 0 Å². The van der Waals surface area contributed by atoms with E-state index in [1.165, 1.54) is 11.3 Å². The Morgan fingerprint density at radius 2 is 2.27 bits per heavy atom. The Balaban J connectivity index is 1.48. The van der Waals surface area contributed by atoms with Crippen molar-refractivity contribution < 1.29 is 4.79 Å². The molecule has 0 aliphatic carbocycles. The minimum atomic E-state index is 0.0776. The summed E-state index contributed by atoms with van der Waals surface area (Å²) in [6.07, 6.45) is 7.44. The summed E-state index contributed by atoms with van der Waals surface area (Å²) in [7, 11) is 1.98. The van der Waals surface area contributed by atoms with Gasteiger partial charge in [-0.25, -0.2) is 0 Å². The van der Waals surface area contributed by atoms with Gasteiger partial charge in [0.2, 0.25) is 0 Å². The molecule has 3 aromatic rings. The molecule has 1 saturated heterocycles. The summed E-state index contributed by atoms with van der Waals surface area (Å²) < 4.78 is 2.01. The van der Waals surface area contributed by atoms with E-state index in [0.29, 0.717) is 11.7 Å². The van der Waals surface area contributed by atoms with Gasteiger partial charge in [-0.2, -0.15) is 5.10 Å². The number of nitrogens with one attached hydrogen (secondary N) is 1. The van der Waals surface area contributed by atoms with Crippen molar-refractivity contribution in [3.8, 4) is 11.4 Å². The second-order valence-electron chi connectivity index (χ2n) is 6.94. The Hall–Kier alpha value is -2.34. The first-order valence-corrected chi connectivity index (χ1v) is 10.1. The highest BCUT2D eigenvalue weighted by Gasteiger charge is 2.28. The topological polar surface area (TPSA) is 53.9 Å². The number of carbonyl (C=O) groups excluding carboxylic acids is 1. The van der Waals surface area contributed by atoms with Crippen molar-refractivity contribution in [2.24, 2.45) is 7.05 Å². The molecule has 136 valence electrons.